The molecule has 0 heterocycles. The molecule has 20 heavy (non-hydrogen) atoms. The van der Waals surface area contributed by atoms with Crippen LogP contribution < -0.4 is 0 Å². The molecule has 0 amide bonds. The Balaban J connectivity index is 2.18. The maximum Gasteiger partial charge on any atom is 0.0911 e. The number of halogens is 2. The molecule has 1 aromatic carbocycles. The lowest BCUT2D eigenvalue weighted by Gasteiger charge is -2.43. The minimum Gasteiger partial charge on any atom is -0.385 e. The lowest BCUT2D eigenvalue weighted by molar-refractivity contribution is -0.0327. The molecule has 0 spiro atoms. The van der Waals surface area contributed by atoms with Crippen molar-refractivity contribution >= 4 is 23.2 Å². The smallest absolute Gasteiger partial charge is 0.0911 e. The molecule has 112 valence electrons. The van der Waals surface area contributed by atoms with Gasteiger partial charge >= 0.3 is 0 Å². The van der Waals surface area contributed by atoms with Gasteiger partial charge in [-0.05, 0) is 55.2 Å². The normalized spacial score (nSPS) is 27.6. The number of hydrogen-bond acceptors (Lipinski definition) is 1. The highest BCUT2D eigenvalue weighted by atomic mass is 35.5. The zero-order chi connectivity index (χ0) is 15.0. The van der Waals surface area contributed by atoms with Crippen molar-refractivity contribution in [2.24, 2.45) is 11.3 Å². The largest absolute Gasteiger partial charge is 0.385 e. The first-order chi connectivity index (χ1) is 9.28. The lowest BCUT2D eigenvalue weighted by Crippen LogP contribution is -2.36. The van der Waals surface area contributed by atoms with Gasteiger partial charge in [0.2, 0.25) is 0 Å². The molecule has 0 aliphatic heterocycles. The van der Waals surface area contributed by atoms with Crippen LogP contribution in [-0.4, -0.2) is 5.11 Å². The van der Waals surface area contributed by atoms with E-state index in [2.05, 4.69) is 20.8 Å². The Morgan fingerprint density at radius 2 is 1.85 bits per heavy atom. The van der Waals surface area contributed by atoms with Gasteiger partial charge in [-0.1, -0.05) is 50.4 Å². The number of rotatable bonds is 3. The topological polar surface area (TPSA) is 20.2 Å². The van der Waals surface area contributed by atoms with Gasteiger partial charge in [0.15, 0.2) is 0 Å². The SMILES string of the molecule is CCC(C)(C)C1CCC(O)(c2cc(Cl)ccc2Cl)CC1. The molecule has 0 atom stereocenters. The van der Waals surface area contributed by atoms with Gasteiger partial charge in [0.1, 0.15) is 0 Å². The molecule has 1 aromatic rings. The average molecular weight is 315 g/mol. The van der Waals surface area contributed by atoms with E-state index in [1.165, 1.54) is 6.42 Å². The molecule has 2 rings (SSSR count). The highest BCUT2D eigenvalue weighted by Crippen LogP contribution is 2.48. The van der Waals surface area contributed by atoms with E-state index >= 15 is 0 Å². The minimum atomic E-state index is -0.817. The maximum atomic E-state index is 11.0. The van der Waals surface area contributed by atoms with Gasteiger partial charge in [-0.25, -0.2) is 0 Å². The van der Waals surface area contributed by atoms with Crippen molar-refractivity contribution in [3.63, 3.8) is 0 Å². The van der Waals surface area contributed by atoms with Crippen LogP contribution in [0, 0.1) is 11.3 Å². The van der Waals surface area contributed by atoms with Crippen molar-refractivity contribution in [3.8, 4) is 0 Å². The van der Waals surface area contributed by atoms with Crippen LogP contribution in [0.1, 0.15) is 58.4 Å². The van der Waals surface area contributed by atoms with Crippen molar-refractivity contribution in [2.45, 2.75) is 58.5 Å². The molecule has 1 N–H and O–H groups in total. The molecule has 1 aliphatic rings. The standard InChI is InChI=1S/C17H24Cl2O/c1-4-16(2,3)12-7-9-17(20,10-8-12)14-11-13(18)5-6-15(14)19/h5-6,11-12,20H,4,7-10H2,1-3H3. The molecule has 0 unspecified atom stereocenters. The summed E-state index contributed by atoms with van der Waals surface area (Å²) in [5, 5.41) is 12.2. The molecule has 1 fully saturated rings. The van der Waals surface area contributed by atoms with Gasteiger partial charge in [-0.15, -0.1) is 0 Å². The van der Waals surface area contributed by atoms with Crippen molar-refractivity contribution in [2.75, 3.05) is 0 Å². The van der Waals surface area contributed by atoms with Crippen LogP contribution in [0.25, 0.3) is 0 Å². The van der Waals surface area contributed by atoms with Gasteiger partial charge in [-0.3, -0.25) is 0 Å². The molecule has 0 saturated heterocycles. The summed E-state index contributed by atoms with van der Waals surface area (Å²) < 4.78 is 0. The Hall–Kier alpha value is -0.240. The van der Waals surface area contributed by atoms with Crippen molar-refractivity contribution < 1.29 is 5.11 Å². The lowest BCUT2D eigenvalue weighted by atomic mass is 9.65. The molecule has 0 radical (unpaired) electrons. The monoisotopic (exact) mass is 314 g/mol. The number of aliphatic hydroxyl groups is 1. The van der Waals surface area contributed by atoms with Gasteiger partial charge in [0.25, 0.3) is 0 Å². The van der Waals surface area contributed by atoms with E-state index in [1.807, 2.05) is 6.07 Å². The Labute approximate surface area is 132 Å². The van der Waals surface area contributed by atoms with Crippen LogP contribution >= 0.6 is 23.2 Å². The van der Waals surface area contributed by atoms with Crippen LogP contribution in [0.2, 0.25) is 10.0 Å². The third-order valence-corrected chi connectivity index (χ3v) is 5.82. The van der Waals surface area contributed by atoms with Gasteiger partial charge in [0.05, 0.1) is 5.60 Å². The second-order valence-corrected chi connectivity index (χ2v) is 7.62. The zero-order valence-electron chi connectivity index (χ0n) is 12.5. The number of hydrogen-bond donors (Lipinski definition) is 1. The van der Waals surface area contributed by atoms with Crippen molar-refractivity contribution in [1.82, 2.24) is 0 Å². The minimum absolute atomic E-state index is 0.347. The molecule has 0 aromatic heterocycles. The van der Waals surface area contributed by atoms with E-state index in [0.717, 1.165) is 31.2 Å². The molecule has 1 saturated carbocycles. The van der Waals surface area contributed by atoms with Crippen molar-refractivity contribution in [3.05, 3.63) is 33.8 Å². The first-order valence-corrected chi connectivity index (χ1v) is 8.22. The van der Waals surface area contributed by atoms with Crippen LogP contribution in [0.5, 0.6) is 0 Å². The van der Waals surface area contributed by atoms with E-state index in [1.54, 1.807) is 12.1 Å². The fourth-order valence-corrected chi connectivity index (χ4v) is 3.75. The third-order valence-electron chi connectivity index (χ3n) is 5.26. The fraction of sp³-hybridized carbons (Fsp3) is 0.647. The summed E-state index contributed by atoms with van der Waals surface area (Å²) in [4.78, 5) is 0. The summed E-state index contributed by atoms with van der Waals surface area (Å²) in [6.07, 6.45) is 4.79. The Kier molecular flexibility index (Phi) is 4.73. The van der Waals surface area contributed by atoms with E-state index in [-0.39, 0.29) is 0 Å². The second kappa shape index (κ2) is 5.87. The maximum absolute atomic E-state index is 11.0. The molecular weight excluding hydrogens is 291 g/mol. The first-order valence-electron chi connectivity index (χ1n) is 7.46. The van der Waals surface area contributed by atoms with E-state index < -0.39 is 5.60 Å². The summed E-state index contributed by atoms with van der Waals surface area (Å²) in [5.74, 6) is 0.672. The van der Waals surface area contributed by atoms with Gasteiger partial charge in [-0.2, -0.15) is 0 Å². The molecule has 1 nitrogen and oxygen atoms in total. The Morgan fingerprint density at radius 1 is 1.25 bits per heavy atom. The molecule has 3 heteroatoms. The highest BCUT2D eigenvalue weighted by molar-refractivity contribution is 6.33. The molecule has 0 bridgehead atoms. The van der Waals surface area contributed by atoms with Crippen LogP contribution in [-0.2, 0) is 5.60 Å². The summed E-state index contributed by atoms with van der Waals surface area (Å²) in [6.45, 7) is 6.90. The zero-order valence-corrected chi connectivity index (χ0v) is 14.1. The first kappa shape index (κ1) is 16.1. The summed E-state index contributed by atoms with van der Waals surface area (Å²) in [6, 6.07) is 5.36. The predicted molar refractivity (Wildman–Crippen MR) is 86.4 cm³/mol. The van der Waals surface area contributed by atoms with Crippen LogP contribution in [0.3, 0.4) is 0 Å². The van der Waals surface area contributed by atoms with E-state index in [0.29, 0.717) is 21.4 Å². The quantitative estimate of drug-likeness (QED) is 0.746. The van der Waals surface area contributed by atoms with Gasteiger partial charge in [0, 0.05) is 15.6 Å². The highest BCUT2D eigenvalue weighted by Gasteiger charge is 2.40. The average Bonchev–Trinajstić information content (AvgIpc) is 2.42. The fourth-order valence-electron chi connectivity index (χ4n) is 3.29. The van der Waals surface area contributed by atoms with E-state index in [9.17, 15) is 5.11 Å². The summed E-state index contributed by atoms with van der Waals surface area (Å²) >= 11 is 12.3. The van der Waals surface area contributed by atoms with Gasteiger partial charge < -0.3 is 5.11 Å². The molecular formula is C17H24Cl2O. The second-order valence-electron chi connectivity index (χ2n) is 6.77. The van der Waals surface area contributed by atoms with Crippen molar-refractivity contribution in [1.29, 1.82) is 0 Å². The van der Waals surface area contributed by atoms with Crippen LogP contribution in [0.15, 0.2) is 18.2 Å². The third kappa shape index (κ3) is 3.16. The van der Waals surface area contributed by atoms with Crippen LogP contribution in [0.4, 0.5) is 0 Å². The summed E-state index contributed by atoms with van der Waals surface area (Å²) in [7, 11) is 0. The Bertz CT molecular complexity index is 474. The molecule has 1 aliphatic carbocycles. The summed E-state index contributed by atoms with van der Waals surface area (Å²) in [5.41, 5.74) is 0.321. The predicted octanol–water partition coefficient (Wildman–Crippen LogP) is 5.81. The Morgan fingerprint density at radius 3 is 2.40 bits per heavy atom. The number of benzene rings is 1. The van der Waals surface area contributed by atoms with E-state index in [4.69, 9.17) is 23.2 Å².